The first-order chi connectivity index (χ1) is 8.96. The van der Waals surface area contributed by atoms with E-state index < -0.39 is 0 Å². The molecular weight excluding hydrogens is 240 g/mol. The third kappa shape index (κ3) is 2.95. The molecule has 4 nitrogen and oxygen atoms in total. The van der Waals surface area contributed by atoms with Crippen LogP contribution >= 0.6 is 0 Å². The van der Waals surface area contributed by atoms with Crippen LogP contribution in [0.1, 0.15) is 46.5 Å². The first-order valence-corrected chi connectivity index (χ1v) is 7.59. The van der Waals surface area contributed by atoms with Gasteiger partial charge in [0, 0.05) is 31.7 Å². The number of nitrogens with zero attached hydrogens (tertiary/aromatic N) is 1. The molecule has 0 radical (unpaired) electrons. The minimum absolute atomic E-state index is 0.0193. The summed E-state index contributed by atoms with van der Waals surface area (Å²) in [5.74, 6) is 0.242. The smallest absolute Gasteiger partial charge is 0.239 e. The summed E-state index contributed by atoms with van der Waals surface area (Å²) in [7, 11) is 1.88. The Morgan fingerprint density at radius 2 is 2.21 bits per heavy atom. The zero-order chi connectivity index (χ0) is 14.0. The molecule has 1 heterocycles. The van der Waals surface area contributed by atoms with Gasteiger partial charge in [0.2, 0.25) is 5.91 Å². The van der Waals surface area contributed by atoms with Crippen molar-refractivity contribution in [1.82, 2.24) is 10.2 Å². The van der Waals surface area contributed by atoms with Crippen molar-refractivity contribution in [3.8, 4) is 0 Å². The van der Waals surface area contributed by atoms with Gasteiger partial charge in [-0.15, -0.1) is 0 Å². The fraction of sp³-hybridized carbons (Fsp3) is 0.933. The molecule has 1 aliphatic carbocycles. The molecule has 1 N–H and O–H groups in total. The van der Waals surface area contributed by atoms with Crippen molar-refractivity contribution in [1.29, 1.82) is 0 Å². The van der Waals surface area contributed by atoms with Gasteiger partial charge in [-0.25, -0.2) is 0 Å². The van der Waals surface area contributed by atoms with Crippen LogP contribution in [-0.4, -0.2) is 49.2 Å². The van der Waals surface area contributed by atoms with Gasteiger partial charge in [-0.2, -0.15) is 0 Å². The largest absolute Gasteiger partial charge is 0.378 e. The van der Waals surface area contributed by atoms with Crippen LogP contribution < -0.4 is 5.32 Å². The predicted molar refractivity (Wildman–Crippen MR) is 76.0 cm³/mol. The molecule has 4 heteroatoms. The van der Waals surface area contributed by atoms with Gasteiger partial charge < -0.3 is 15.0 Å². The SMILES string of the molecule is CCCCO[C@H]1C[C@H](N[C@@H]2CCN(C)C2=O)C1(C)C. The number of carbonyl (C=O) groups is 1. The summed E-state index contributed by atoms with van der Waals surface area (Å²) in [5, 5.41) is 3.53. The molecule has 3 atom stereocenters. The molecule has 110 valence electrons. The summed E-state index contributed by atoms with van der Waals surface area (Å²) in [4.78, 5) is 13.7. The Kier molecular flexibility index (Phi) is 4.51. The zero-order valence-electron chi connectivity index (χ0n) is 12.7. The quantitative estimate of drug-likeness (QED) is 0.747. The second-order valence-corrected chi connectivity index (χ2v) is 6.59. The van der Waals surface area contributed by atoms with Gasteiger partial charge in [-0.05, 0) is 19.3 Å². The topological polar surface area (TPSA) is 41.6 Å². The fourth-order valence-corrected chi connectivity index (χ4v) is 3.04. The number of hydrogen-bond donors (Lipinski definition) is 1. The summed E-state index contributed by atoms with van der Waals surface area (Å²) in [6, 6.07) is 0.422. The first kappa shape index (κ1) is 14.8. The van der Waals surface area contributed by atoms with Gasteiger partial charge in [0.15, 0.2) is 0 Å². The Labute approximate surface area is 116 Å². The Morgan fingerprint density at radius 3 is 2.74 bits per heavy atom. The Bertz CT molecular complexity index is 330. The van der Waals surface area contributed by atoms with Crippen LogP contribution in [0.25, 0.3) is 0 Å². The molecule has 0 spiro atoms. The van der Waals surface area contributed by atoms with Crippen molar-refractivity contribution in [3.05, 3.63) is 0 Å². The van der Waals surface area contributed by atoms with E-state index in [0.29, 0.717) is 12.1 Å². The van der Waals surface area contributed by atoms with Crippen LogP contribution in [-0.2, 0) is 9.53 Å². The molecule has 1 saturated heterocycles. The molecular formula is C15H28N2O2. The second-order valence-electron chi connectivity index (χ2n) is 6.59. The summed E-state index contributed by atoms with van der Waals surface area (Å²) >= 11 is 0. The highest BCUT2D eigenvalue weighted by atomic mass is 16.5. The molecule has 1 aliphatic heterocycles. The van der Waals surface area contributed by atoms with Crippen LogP contribution in [0, 0.1) is 5.41 Å². The number of ether oxygens (including phenoxy) is 1. The van der Waals surface area contributed by atoms with Crippen LogP contribution in [0.2, 0.25) is 0 Å². The van der Waals surface area contributed by atoms with Crippen molar-refractivity contribution >= 4 is 5.91 Å². The van der Waals surface area contributed by atoms with E-state index in [2.05, 4.69) is 26.1 Å². The van der Waals surface area contributed by atoms with E-state index in [9.17, 15) is 4.79 Å². The summed E-state index contributed by atoms with van der Waals surface area (Å²) < 4.78 is 5.94. The molecule has 0 aromatic carbocycles. The molecule has 0 unspecified atom stereocenters. The highest BCUT2D eigenvalue weighted by Gasteiger charge is 2.50. The van der Waals surface area contributed by atoms with Gasteiger partial charge in [0.25, 0.3) is 0 Å². The maximum Gasteiger partial charge on any atom is 0.239 e. The molecule has 2 rings (SSSR count). The van der Waals surface area contributed by atoms with Crippen LogP contribution in [0.3, 0.4) is 0 Å². The number of amides is 1. The number of nitrogens with one attached hydrogen (secondary N) is 1. The van der Waals surface area contributed by atoms with E-state index in [0.717, 1.165) is 32.4 Å². The molecule has 2 aliphatic rings. The molecule has 19 heavy (non-hydrogen) atoms. The average molecular weight is 268 g/mol. The summed E-state index contributed by atoms with van der Waals surface area (Å²) in [6.45, 7) is 8.41. The minimum Gasteiger partial charge on any atom is -0.378 e. The van der Waals surface area contributed by atoms with Gasteiger partial charge >= 0.3 is 0 Å². The third-order valence-electron chi connectivity index (χ3n) is 4.82. The number of rotatable bonds is 6. The van der Waals surface area contributed by atoms with Crippen molar-refractivity contribution < 1.29 is 9.53 Å². The predicted octanol–water partition coefficient (Wildman–Crippen LogP) is 1.79. The van der Waals surface area contributed by atoms with Crippen molar-refractivity contribution in [3.63, 3.8) is 0 Å². The van der Waals surface area contributed by atoms with Crippen LogP contribution in [0.5, 0.6) is 0 Å². The third-order valence-corrected chi connectivity index (χ3v) is 4.82. The van der Waals surface area contributed by atoms with E-state index in [1.54, 1.807) is 0 Å². The number of likely N-dealkylation sites (tertiary alicyclic amines) is 1. The van der Waals surface area contributed by atoms with E-state index in [-0.39, 0.29) is 17.4 Å². The second kappa shape index (κ2) is 5.80. The summed E-state index contributed by atoms with van der Waals surface area (Å²) in [6.07, 6.45) is 4.62. The van der Waals surface area contributed by atoms with Crippen LogP contribution in [0.15, 0.2) is 0 Å². The van der Waals surface area contributed by atoms with Gasteiger partial charge in [-0.1, -0.05) is 27.2 Å². The standard InChI is InChI=1S/C15H28N2O2/c1-5-6-9-19-13-10-12(15(13,2)3)16-11-7-8-17(4)14(11)18/h11-13,16H,5-10H2,1-4H3/t11-,12+,13+/m1/s1. The molecule has 0 bridgehead atoms. The fourth-order valence-electron chi connectivity index (χ4n) is 3.04. The minimum atomic E-state index is 0.0193. The van der Waals surface area contributed by atoms with Gasteiger partial charge in [-0.3, -0.25) is 4.79 Å². The maximum absolute atomic E-state index is 11.9. The lowest BCUT2D eigenvalue weighted by Crippen LogP contribution is -2.63. The Balaban J connectivity index is 1.79. The highest BCUT2D eigenvalue weighted by Crippen LogP contribution is 2.43. The molecule has 2 fully saturated rings. The van der Waals surface area contributed by atoms with Crippen molar-refractivity contribution in [2.24, 2.45) is 5.41 Å². The molecule has 0 aromatic heterocycles. The summed E-state index contributed by atoms with van der Waals surface area (Å²) in [5.41, 5.74) is 0.134. The number of hydrogen-bond acceptors (Lipinski definition) is 3. The lowest BCUT2D eigenvalue weighted by molar-refractivity contribution is -0.134. The Morgan fingerprint density at radius 1 is 1.47 bits per heavy atom. The van der Waals surface area contributed by atoms with Crippen molar-refractivity contribution in [2.45, 2.75) is 64.6 Å². The maximum atomic E-state index is 11.9. The lowest BCUT2D eigenvalue weighted by Gasteiger charge is -2.52. The van der Waals surface area contributed by atoms with Crippen molar-refractivity contribution in [2.75, 3.05) is 20.2 Å². The Hall–Kier alpha value is -0.610. The number of carbonyl (C=O) groups excluding carboxylic acids is 1. The highest BCUT2D eigenvalue weighted by molar-refractivity contribution is 5.83. The number of unbranched alkanes of at least 4 members (excludes halogenated alkanes) is 1. The monoisotopic (exact) mass is 268 g/mol. The molecule has 1 saturated carbocycles. The van der Waals surface area contributed by atoms with E-state index in [4.69, 9.17) is 4.74 Å². The first-order valence-electron chi connectivity index (χ1n) is 7.59. The number of likely N-dealkylation sites (N-methyl/N-ethyl adjacent to an activating group) is 1. The molecule has 0 aromatic rings. The zero-order valence-corrected chi connectivity index (χ0v) is 12.7. The van der Waals surface area contributed by atoms with E-state index in [1.807, 2.05) is 11.9 Å². The van der Waals surface area contributed by atoms with E-state index >= 15 is 0 Å². The van der Waals surface area contributed by atoms with Gasteiger partial charge in [0.05, 0.1) is 12.1 Å². The van der Waals surface area contributed by atoms with E-state index in [1.165, 1.54) is 6.42 Å². The average Bonchev–Trinajstić information content (AvgIpc) is 2.68. The lowest BCUT2D eigenvalue weighted by atomic mass is 9.64. The van der Waals surface area contributed by atoms with Gasteiger partial charge in [0.1, 0.15) is 0 Å². The normalized spacial score (nSPS) is 33.6. The molecule has 1 amide bonds. The van der Waals surface area contributed by atoms with Crippen LogP contribution in [0.4, 0.5) is 0 Å².